The van der Waals surface area contributed by atoms with Crippen LogP contribution < -0.4 is 4.74 Å². The Labute approximate surface area is 151 Å². The Hall–Kier alpha value is -1.98. The lowest BCUT2D eigenvalue weighted by atomic mass is 9.87. The van der Waals surface area contributed by atoms with Crippen molar-refractivity contribution in [1.82, 2.24) is 0 Å². The molecule has 2 aliphatic rings. The quantitative estimate of drug-likeness (QED) is 0.550. The predicted octanol–water partition coefficient (Wildman–Crippen LogP) is 4.86. The highest BCUT2D eigenvalue weighted by molar-refractivity contribution is 5.72. The van der Waals surface area contributed by atoms with Crippen molar-refractivity contribution in [2.45, 2.75) is 39.0 Å². The van der Waals surface area contributed by atoms with Crippen LogP contribution in [-0.4, -0.2) is 18.7 Å². The minimum Gasteiger partial charge on any atom is -0.493 e. The molecule has 0 amide bonds. The van der Waals surface area contributed by atoms with Crippen LogP contribution in [0.5, 0.6) is 5.75 Å². The number of hydrogen-bond donors (Lipinski definition) is 0. The van der Waals surface area contributed by atoms with Gasteiger partial charge in [0.25, 0.3) is 0 Å². The predicted molar refractivity (Wildman–Crippen MR) is 90.5 cm³/mol. The second-order valence-electron chi connectivity index (χ2n) is 7.39. The highest BCUT2D eigenvalue weighted by Crippen LogP contribution is 2.45. The third-order valence-electron chi connectivity index (χ3n) is 5.25. The molecule has 6 heteroatoms. The number of rotatable bonds is 5. The van der Waals surface area contributed by atoms with E-state index in [0.29, 0.717) is 24.9 Å². The molecule has 1 saturated carbocycles. The number of carbonyl (C=O) groups excluding carboxylic acids is 1. The van der Waals surface area contributed by atoms with Crippen LogP contribution in [-0.2, 0) is 15.7 Å². The summed E-state index contributed by atoms with van der Waals surface area (Å²) in [6.07, 6.45) is 1.17. The van der Waals surface area contributed by atoms with E-state index in [4.69, 9.17) is 9.47 Å². The third kappa shape index (κ3) is 4.22. The summed E-state index contributed by atoms with van der Waals surface area (Å²) in [5.41, 5.74) is -0.713. The fourth-order valence-corrected chi connectivity index (χ4v) is 3.88. The lowest BCUT2D eigenvalue weighted by Gasteiger charge is -2.17. The van der Waals surface area contributed by atoms with Gasteiger partial charge in [-0.3, -0.25) is 4.79 Å². The maximum atomic E-state index is 12.7. The van der Waals surface area contributed by atoms with Gasteiger partial charge in [-0.05, 0) is 36.5 Å². The molecule has 0 spiro atoms. The van der Waals surface area contributed by atoms with Gasteiger partial charge in [0.1, 0.15) is 11.9 Å². The van der Waals surface area contributed by atoms with E-state index < -0.39 is 11.7 Å². The molecule has 0 radical (unpaired) electrons. The van der Waals surface area contributed by atoms with Gasteiger partial charge in [-0.25, -0.2) is 0 Å². The number of halogens is 3. The van der Waals surface area contributed by atoms with Crippen LogP contribution in [0, 0.1) is 23.7 Å². The van der Waals surface area contributed by atoms with Crippen LogP contribution in [0.3, 0.4) is 0 Å². The molecule has 1 aliphatic heterocycles. The van der Waals surface area contributed by atoms with Crippen molar-refractivity contribution in [2.24, 2.45) is 23.7 Å². The zero-order chi connectivity index (χ0) is 18.9. The smallest absolute Gasteiger partial charge is 0.416 e. The van der Waals surface area contributed by atoms with E-state index in [0.717, 1.165) is 18.6 Å². The number of carbonyl (C=O) groups is 1. The Kier molecular flexibility index (Phi) is 5.30. The molecule has 1 saturated heterocycles. The summed E-state index contributed by atoms with van der Waals surface area (Å²) in [5, 5.41) is 0. The van der Waals surface area contributed by atoms with E-state index in [1.54, 1.807) is 0 Å². The molecular weight excluding hydrogens is 345 g/mol. The van der Waals surface area contributed by atoms with Gasteiger partial charge >= 0.3 is 12.1 Å². The topological polar surface area (TPSA) is 35.5 Å². The molecule has 1 heterocycles. The minimum atomic E-state index is -4.37. The van der Waals surface area contributed by atoms with Crippen molar-refractivity contribution in [3.8, 4) is 5.75 Å². The summed E-state index contributed by atoms with van der Waals surface area (Å²) >= 11 is 0. The summed E-state index contributed by atoms with van der Waals surface area (Å²) in [7, 11) is 0. The van der Waals surface area contributed by atoms with Crippen molar-refractivity contribution in [2.75, 3.05) is 6.61 Å². The van der Waals surface area contributed by atoms with E-state index in [1.807, 2.05) is 13.0 Å². The number of fused-ring (bicyclic) bond motifs is 1. The molecule has 3 nitrogen and oxygen atoms in total. The van der Waals surface area contributed by atoms with Crippen LogP contribution in [0.2, 0.25) is 0 Å². The number of alkyl halides is 3. The summed E-state index contributed by atoms with van der Waals surface area (Å²) in [4.78, 5) is 11.5. The Balaban J connectivity index is 1.55. The molecule has 0 N–H and O–H groups in total. The zero-order valence-corrected chi connectivity index (χ0v) is 14.8. The van der Waals surface area contributed by atoms with Crippen LogP contribution in [0.25, 0.3) is 0 Å². The molecule has 26 heavy (non-hydrogen) atoms. The summed E-state index contributed by atoms with van der Waals surface area (Å²) < 4.78 is 49.1. The molecule has 1 aliphatic carbocycles. The first-order chi connectivity index (χ1) is 12.2. The first-order valence-corrected chi connectivity index (χ1v) is 8.92. The monoisotopic (exact) mass is 368 g/mol. The van der Waals surface area contributed by atoms with Gasteiger partial charge in [0.2, 0.25) is 0 Å². The third-order valence-corrected chi connectivity index (χ3v) is 5.25. The second-order valence-corrected chi connectivity index (χ2v) is 7.39. The fraction of sp³-hybridized carbons (Fsp3) is 0.550. The van der Waals surface area contributed by atoms with Gasteiger partial charge in [-0.2, -0.15) is 13.2 Å². The number of esters is 1. The molecule has 2 fully saturated rings. The zero-order valence-electron chi connectivity index (χ0n) is 14.8. The Morgan fingerprint density at radius 2 is 2.15 bits per heavy atom. The molecule has 0 aromatic heterocycles. The molecule has 0 bridgehead atoms. The van der Waals surface area contributed by atoms with E-state index in [9.17, 15) is 18.0 Å². The SMILES string of the molecule is C[C@H](/C=C/[C@@H]1[C@H]2CC(=O)O[C@H]2C[C@H]1C)COc1cccc(C(F)(F)F)c1. The molecule has 1 aromatic rings. The molecule has 5 atom stereocenters. The Morgan fingerprint density at radius 1 is 1.38 bits per heavy atom. The van der Waals surface area contributed by atoms with E-state index in [2.05, 4.69) is 13.0 Å². The van der Waals surface area contributed by atoms with Crippen LogP contribution >= 0.6 is 0 Å². The largest absolute Gasteiger partial charge is 0.493 e. The average Bonchev–Trinajstić information content (AvgIpc) is 3.05. The summed E-state index contributed by atoms with van der Waals surface area (Å²) in [5.74, 6) is 1.13. The average molecular weight is 368 g/mol. The molecule has 1 aromatic carbocycles. The van der Waals surface area contributed by atoms with Gasteiger partial charge in [0, 0.05) is 11.8 Å². The molecule has 3 rings (SSSR count). The van der Waals surface area contributed by atoms with Crippen molar-refractivity contribution < 1.29 is 27.4 Å². The van der Waals surface area contributed by atoms with E-state index >= 15 is 0 Å². The van der Waals surface area contributed by atoms with Gasteiger partial charge in [0.15, 0.2) is 0 Å². The standard InChI is InChI=1S/C20H23F3O3/c1-12(11-25-15-5-3-4-14(9-15)20(21,22)23)6-7-16-13(2)8-18-17(16)10-19(24)26-18/h3-7,9,12-13,16-18H,8,10-11H2,1-2H3/b7-6+/t12-,13-,16+,17-,18+/m1/s1. The van der Waals surface area contributed by atoms with Crippen molar-refractivity contribution in [3.63, 3.8) is 0 Å². The summed E-state index contributed by atoms with van der Waals surface area (Å²) in [6.45, 7) is 4.41. The van der Waals surface area contributed by atoms with Crippen LogP contribution in [0.15, 0.2) is 36.4 Å². The molecule has 0 unspecified atom stereocenters. The fourth-order valence-electron chi connectivity index (χ4n) is 3.88. The first-order valence-electron chi connectivity index (χ1n) is 8.92. The number of hydrogen-bond acceptors (Lipinski definition) is 3. The Bertz CT molecular complexity index is 683. The number of ether oxygens (including phenoxy) is 2. The maximum absolute atomic E-state index is 12.7. The van der Waals surface area contributed by atoms with Gasteiger partial charge in [-0.15, -0.1) is 0 Å². The maximum Gasteiger partial charge on any atom is 0.416 e. The Morgan fingerprint density at radius 3 is 2.88 bits per heavy atom. The normalized spacial score (nSPS) is 29.7. The lowest BCUT2D eigenvalue weighted by molar-refractivity contribution is -0.141. The second kappa shape index (κ2) is 7.33. The van der Waals surface area contributed by atoms with Gasteiger partial charge in [0.05, 0.1) is 18.6 Å². The lowest BCUT2D eigenvalue weighted by Crippen LogP contribution is -2.14. The van der Waals surface area contributed by atoms with Crippen molar-refractivity contribution >= 4 is 5.97 Å². The van der Waals surface area contributed by atoms with E-state index in [1.165, 1.54) is 12.1 Å². The molecule has 142 valence electrons. The highest BCUT2D eigenvalue weighted by atomic mass is 19.4. The van der Waals surface area contributed by atoms with Gasteiger partial charge in [-0.1, -0.05) is 32.1 Å². The minimum absolute atomic E-state index is 0.0313. The van der Waals surface area contributed by atoms with E-state index in [-0.39, 0.29) is 29.7 Å². The van der Waals surface area contributed by atoms with Crippen molar-refractivity contribution in [3.05, 3.63) is 42.0 Å². The van der Waals surface area contributed by atoms with Crippen LogP contribution in [0.4, 0.5) is 13.2 Å². The number of benzene rings is 1. The van der Waals surface area contributed by atoms with Crippen molar-refractivity contribution in [1.29, 1.82) is 0 Å². The van der Waals surface area contributed by atoms with Gasteiger partial charge < -0.3 is 9.47 Å². The van der Waals surface area contributed by atoms with Crippen LogP contribution in [0.1, 0.15) is 32.3 Å². The highest BCUT2D eigenvalue weighted by Gasteiger charge is 2.47. The number of allylic oxidation sites excluding steroid dienone is 1. The molecular formula is C20H23F3O3. The first kappa shape index (κ1) is 18.8. The summed E-state index contributed by atoms with van der Waals surface area (Å²) in [6, 6.07) is 4.91.